The summed E-state index contributed by atoms with van der Waals surface area (Å²) in [5, 5.41) is 7.29. The minimum atomic E-state index is 0.168. The number of nitrogens with one attached hydrogen (secondary N) is 2. The number of ether oxygens (including phenoxy) is 2. The normalized spacial score (nSPS) is 19.8. The molecule has 1 amide bonds. The highest BCUT2D eigenvalue weighted by molar-refractivity contribution is 5.95. The van der Waals surface area contributed by atoms with Crippen molar-refractivity contribution < 1.29 is 14.3 Å². The Labute approximate surface area is 187 Å². The topological polar surface area (TPSA) is 75.7 Å². The van der Waals surface area contributed by atoms with Crippen LogP contribution in [0.1, 0.15) is 6.42 Å². The Bertz CT molecular complexity index is 1120. The second-order valence-electron chi connectivity index (χ2n) is 8.43. The molecule has 2 aliphatic heterocycles. The summed E-state index contributed by atoms with van der Waals surface area (Å²) in [7, 11) is 3.58. The van der Waals surface area contributed by atoms with Crippen molar-refractivity contribution in [1.82, 2.24) is 15.6 Å². The van der Waals surface area contributed by atoms with E-state index in [1.54, 1.807) is 7.11 Å². The Balaban J connectivity index is 1.50. The van der Waals surface area contributed by atoms with Crippen LogP contribution < -0.4 is 25.0 Å². The minimum Gasteiger partial charge on any atom is -0.497 e. The molecular formula is C25H28N4O3. The molecule has 32 heavy (non-hydrogen) atoms. The van der Waals surface area contributed by atoms with Crippen molar-refractivity contribution in [1.29, 1.82) is 0 Å². The molecule has 0 spiro atoms. The number of likely N-dealkylation sites (N-methyl/N-ethyl adjacent to an activating group) is 1. The molecule has 2 saturated heterocycles. The van der Waals surface area contributed by atoms with Crippen LogP contribution in [0.5, 0.6) is 11.5 Å². The fraction of sp³-hybridized carbons (Fsp3) is 0.360. The third kappa shape index (κ3) is 3.96. The Morgan fingerprint density at radius 3 is 2.69 bits per heavy atom. The lowest BCUT2D eigenvalue weighted by atomic mass is 10.1. The Kier molecular flexibility index (Phi) is 5.57. The van der Waals surface area contributed by atoms with Gasteiger partial charge >= 0.3 is 0 Å². The number of methoxy groups -OCH3 is 1. The van der Waals surface area contributed by atoms with Crippen LogP contribution in [0.15, 0.2) is 48.5 Å². The minimum absolute atomic E-state index is 0.168. The van der Waals surface area contributed by atoms with Crippen LogP contribution >= 0.6 is 0 Å². The van der Waals surface area contributed by atoms with Crippen LogP contribution in [-0.4, -0.2) is 57.3 Å². The zero-order valence-corrected chi connectivity index (χ0v) is 18.4. The number of benzene rings is 2. The van der Waals surface area contributed by atoms with Crippen LogP contribution in [0.3, 0.4) is 0 Å². The van der Waals surface area contributed by atoms with Gasteiger partial charge in [-0.1, -0.05) is 0 Å². The number of aromatic nitrogens is 1. The van der Waals surface area contributed by atoms with E-state index in [-0.39, 0.29) is 11.9 Å². The van der Waals surface area contributed by atoms with E-state index >= 15 is 0 Å². The molecule has 3 aromatic rings. The number of nitrogens with zero attached hydrogens (tertiary/aromatic N) is 2. The van der Waals surface area contributed by atoms with Gasteiger partial charge < -0.3 is 25.0 Å². The molecule has 2 atom stereocenters. The maximum absolute atomic E-state index is 11.8. The smallest absolute Gasteiger partial charge is 0.220 e. The summed E-state index contributed by atoms with van der Waals surface area (Å²) in [6, 6.07) is 16.5. The van der Waals surface area contributed by atoms with Gasteiger partial charge in [-0.25, -0.2) is 4.98 Å². The number of hydrogen-bond acceptors (Lipinski definition) is 6. The van der Waals surface area contributed by atoms with Gasteiger partial charge in [-0.15, -0.1) is 0 Å². The Morgan fingerprint density at radius 1 is 1.12 bits per heavy atom. The average Bonchev–Trinajstić information content (AvgIpc) is 3.36. The highest BCUT2D eigenvalue weighted by Gasteiger charge is 2.40. The third-order valence-electron chi connectivity index (χ3n) is 6.34. The number of fused-ring (bicyclic) bond motifs is 2. The van der Waals surface area contributed by atoms with Crippen LogP contribution in [0.2, 0.25) is 0 Å². The summed E-state index contributed by atoms with van der Waals surface area (Å²) >= 11 is 0. The second-order valence-corrected chi connectivity index (χ2v) is 8.43. The second kappa shape index (κ2) is 8.67. The lowest BCUT2D eigenvalue weighted by molar-refractivity contribution is -0.119. The first-order valence-corrected chi connectivity index (χ1v) is 11.1. The van der Waals surface area contributed by atoms with Crippen LogP contribution in [-0.2, 0) is 4.79 Å². The number of carbonyl (C=O) groups excluding carboxylic acids is 1. The molecule has 2 fully saturated rings. The van der Waals surface area contributed by atoms with E-state index in [9.17, 15) is 4.79 Å². The Morgan fingerprint density at radius 2 is 1.94 bits per heavy atom. The van der Waals surface area contributed by atoms with Crippen LogP contribution in [0, 0.1) is 5.92 Å². The maximum Gasteiger partial charge on any atom is 0.220 e. The highest BCUT2D eigenvalue weighted by atomic mass is 16.5. The number of pyridine rings is 1. The molecule has 7 heteroatoms. The number of amides is 1. The molecule has 5 rings (SSSR count). The van der Waals surface area contributed by atoms with E-state index in [2.05, 4.69) is 27.7 Å². The molecule has 2 aromatic carbocycles. The van der Waals surface area contributed by atoms with E-state index in [4.69, 9.17) is 14.5 Å². The summed E-state index contributed by atoms with van der Waals surface area (Å²) in [6.07, 6.45) is 0.611. The van der Waals surface area contributed by atoms with Crippen molar-refractivity contribution in [2.45, 2.75) is 12.5 Å². The molecule has 1 aromatic heterocycles. The predicted octanol–water partition coefficient (Wildman–Crippen LogP) is 2.83. The van der Waals surface area contributed by atoms with Crippen molar-refractivity contribution in [3.8, 4) is 22.8 Å². The van der Waals surface area contributed by atoms with Gasteiger partial charge in [0, 0.05) is 54.7 Å². The van der Waals surface area contributed by atoms with E-state index in [1.807, 2.05) is 43.4 Å². The number of carbonyl (C=O) groups is 1. The fourth-order valence-electron chi connectivity index (χ4n) is 4.66. The molecule has 0 aliphatic carbocycles. The molecule has 0 radical (unpaired) electrons. The first-order valence-electron chi connectivity index (χ1n) is 11.1. The van der Waals surface area contributed by atoms with Crippen molar-refractivity contribution in [2.24, 2.45) is 5.92 Å². The number of hydrogen-bond donors (Lipinski definition) is 2. The van der Waals surface area contributed by atoms with Crippen molar-refractivity contribution in [3.05, 3.63) is 48.5 Å². The van der Waals surface area contributed by atoms with Gasteiger partial charge in [0.25, 0.3) is 0 Å². The third-order valence-corrected chi connectivity index (χ3v) is 6.34. The molecular weight excluding hydrogens is 404 g/mol. The van der Waals surface area contributed by atoms with Gasteiger partial charge in [0.15, 0.2) is 0 Å². The average molecular weight is 433 g/mol. The quantitative estimate of drug-likeness (QED) is 0.559. The summed E-state index contributed by atoms with van der Waals surface area (Å²) in [6.45, 7) is 3.12. The predicted molar refractivity (Wildman–Crippen MR) is 125 cm³/mol. The van der Waals surface area contributed by atoms with E-state index in [1.165, 1.54) is 0 Å². The van der Waals surface area contributed by atoms with Gasteiger partial charge in [0.2, 0.25) is 5.91 Å². The van der Waals surface area contributed by atoms with Crippen LogP contribution in [0.4, 0.5) is 5.69 Å². The summed E-state index contributed by atoms with van der Waals surface area (Å²) in [5.41, 5.74) is 3.98. The molecule has 166 valence electrons. The van der Waals surface area contributed by atoms with Gasteiger partial charge in [0.1, 0.15) is 18.1 Å². The molecule has 0 saturated carbocycles. The molecule has 2 unspecified atom stereocenters. The highest BCUT2D eigenvalue weighted by Crippen LogP contribution is 2.37. The van der Waals surface area contributed by atoms with Crippen molar-refractivity contribution in [2.75, 3.05) is 45.3 Å². The fourth-order valence-corrected chi connectivity index (χ4v) is 4.66. The molecule has 7 nitrogen and oxygen atoms in total. The van der Waals surface area contributed by atoms with Crippen LogP contribution in [0.25, 0.3) is 22.2 Å². The van der Waals surface area contributed by atoms with Gasteiger partial charge in [0.05, 0.1) is 24.4 Å². The lowest BCUT2D eigenvalue weighted by Gasteiger charge is -2.22. The summed E-state index contributed by atoms with van der Waals surface area (Å²) < 4.78 is 11.2. The lowest BCUT2D eigenvalue weighted by Crippen LogP contribution is -2.32. The summed E-state index contributed by atoms with van der Waals surface area (Å²) in [5.74, 6) is 2.16. The number of rotatable bonds is 7. The monoisotopic (exact) mass is 432 g/mol. The first-order chi connectivity index (χ1) is 15.6. The largest absolute Gasteiger partial charge is 0.497 e. The standard InChI is InChI=1S/C25H28N4O3/c1-26-9-10-32-18-5-3-16(4-6-18)21-13-24(20-8-7-19(31-2)12-22(20)27-21)29-14-17-11-25(30)28-23(17)15-29/h3-8,12-13,17,23,26H,9-11,14-15H2,1-2H3,(H,28,30). The Hall–Kier alpha value is -3.32. The van der Waals surface area contributed by atoms with E-state index in [0.717, 1.165) is 59.0 Å². The molecule has 2 aliphatic rings. The molecule has 0 bridgehead atoms. The van der Waals surface area contributed by atoms with Gasteiger partial charge in [-0.3, -0.25) is 4.79 Å². The zero-order valence-electron chi connectivity index (χ0n) is 18.4. The number of anilines is 1. The molecule has 3 heterocycles. The van der Waals surface area contributed by atoms with E-state index in [0.29, 0.717) is 18.9 Å². The van der Waals surface area contributed by atoms with Crippen molar-refractivity contribution in [3.63, 3.8) is 0 Å². The molecule has 2 N–H and O–H groups in total. The van der Waals surface area contributed by atoms with Crippen molar-refractivity contribution >= 4 is 22.5 Å². The first kappa shape index (κ1) is 20.6. The summed E-state index contributed by atoms with van der Waals surface area (Å²) in [4.78, 5) is 19.1. The van der Waals surface area contributed by atoms with Gasteiger partial charge in [-0.2, -0.15) is 0 Å². The SMILES string of the molecule is CNCCOc1ccc(-c2cc(N3CC4CC(=O)NC4C3)c3ccc(OC)cc3n2)cc1. The zero-order chi connectivity index (χ0) is 22.1. The van der Waals surface area contributed by atoms with E-state index < -0.39 is 0 Å². The van der Waals surface area contributed by atoms with Gasteiger partial charge in [-0.05, 0) is 49.5 Å². The maximum atomic E-state index is 11.8.